The molecular weight excluding hydrogens is 339 g/mol. The molecule has 0 aromatic heterocycles. The number of carbonyl (C=O) groups excluding carboxylic acids is 2. The maximum absolute atomic E-state index is 13.0. The van der Waals surface area contributed by atoms with Crippen LogP contribution >= 0.6 is 12.2 Å². The second-order valence-electron chi connectivity index (χ2n) is 5.53. The zero-order valence-corrected chi connectivity index (χ0v) is 14.3. The van der Waals surface area contributed by atoms with Crippen LogP contribution in [0.4, 0.5) is 10.1 Å². The molecule has 0 atom stereocenters. The van der Waals surface area contributed by atoms with Crippen LogP contribution in [0.3, 0.4) is 0 Å². The molecule has 1 saturated heterocycles. The third kappa shape index (κ3) is 3.49. The van der Waals surface area contributed by atoms with Crippen molar-refractivity contribution in [1.82, 2.24) is 5.32 Å². The van der Waals surface area contributed by atoms with Crippen LogP contribution in [-0.2, 0) is 16.0 Å². The molecular formula is C19H15FN2O2S. The van der Waals surface area contributed by atoms with Crippen molar-refractivity contribution in [1.29, 1.82) is 0 Å². The average molecular weight is 354 g/mol. The Hall–Kier alpha value is -2.86. The third-order valence-corrected chi connectivity index (χ3v) is 4.17. The second kappa shape index (κ2) is 6.94. The van der Waals surface area contributed by atoms with E-state index in [9.17, 15) is 14.0 Å². The van der Waals surface area contributed by atoms with E-state index in [1.807, 2.05) is 19.1 Å². The molecule has 0 aliphatic carbocycles. The summed E-state index contributed by atoms with van der Waals surface area (Å²) in [5, 5.41) is 2.56. The number of amides is 2. The van der Waals surface area contributed by atoms with Crippen LogP contribution in [0.15, 0.2) is 54.1 Å². The predicted molar refractivity (Wildman–Crippen MR) is 98.4 cm³/mol. The largest absolute Gasteiger partial charge is 0.298 e. The van der Waals surface area contributed by atoms with Gasteiger partial charge in [0.05, 0.1) is 5.69 Å². The van der Waals surface area contributed by atoms with E-state index in [0.717, 1.165) is 12.0 Å². The summed E-state index contributed by atoms with van der Waals surface area (Å²) in [6.07, 6.45) is 2.30. The number of benzene rings is 2. The fourth-order valence-corrected chi connectivity index (χ4v) is 2.78. The minimum absolute atomic E-state index is 0.0375. The Morgan fingerprint density at radius 1 is 1.08 bits per heavy atom. The molecule has 1 aliphatic rings. The second-order valence-corrected chi connectivity index (χ2v) is 5.92. The van der Waals surface area contributed by atoms with E-state index >= 15 is 0 Å². The van der Waals surface area contributed by atoms with Crippen molar-refractivity contribution >= 4 is 40.9 Å². The maximum atomic E-state index is 13.0. The Bertz CT molecular complexity index is 873. The molecule has 1 N–H and O–H groups in total. The minimum Gasteiger partial charge on any atom is -0.298 e. The molecule has 2 aromatic carbocycles. The fraction of sp³-hybridized carbons (Fsp3) is 0.105. The van der Waals surface area contributed by atoms with Crippen molar-refractivity contribution in [3.63, 3.8) is 0 Å². The Balaban J connectivity index is 1.97. The monoisotopic (exact) mass is 354 g/mol. The molecule has 126 valence electrons. The quantitative estimate of drug-likeness (QED) is 0.523. The number of nitrogens with one attached hydrogen (secondary N) is 1. The van der Waals surface area contributed by atoms with Gasteiger partial charge in [-0.2, -0.15) is 0 Å². The summed E-state index contributed by atoms with van der Waals surface area (Å²) in [5.41, 5.74) is 2.20. The summed E-state index contributed by atoms with van der Waals surface area (Å²) < 4.78 is 13.0. The van der Waals surface area contributed by atoms with Crippen LogP contribution in [0.25, 0.3) is 6.08 Å². The normalized spacial score (nSPS) is 16.3. The van der Waals surface area contributed by atoms with Crippen molar-refractivity contribution < 1.29 is 14.0 Å². The highest BCUT2D eigenvalue weighted by molar-refractivity contribution is 7.80. The van der Waals surface area contributed by atoms with E-state index in [4.69, 9.17) is 12.2 Å². The van der Waals surface area contributed by atoms with Crippen LogP contribution in [0.1, 0.15) is 18.1 Å². The zero-order valence-electron chi connectivity index (χ0n) is 13.5. The molecule has 0 saturated carbocycles. The Morgan fingerprint density at radius 2 is 1.72 bits per heavy atom. The molecule has 25 heavy (non-hydrogen) atoms. The molecule has 2 amide bonds. The van der Waals surface area contributed by atoms with Gasteiger partial charge in [-0.1, -0.05) is 31.2 Å². The van der Waals surface area contributed by atoms with Gasteiger partial charge in [-0.3, -0.25) is 19.8 Å². The Kier molecular flexibility index (Phi) is 4.72. The SMILES string of the molecule is CCc1ccc(N2C(=O)/C(=C/c3ccc(F)cc3)C(=O)NC2=S)cc1. The molecule has 2 aromatic rings. The summed E-state index contributed by atoms with van der Waals surface area (Å²) in [7, 11) is 0. The van der Waals surface area contributed by atoms with Gasteiger partial charge in [0.25, 0.3) is 11.8 Å². The van der Waals surface area contributed by atoms with Gasteiger partial charge in [0.15, 0.2) is 5.11 Å². The van der Waals surface area contributed by atoms with Gasteiger partial charge in [0.2, 0.25) is 0 Å². The molecule has 0 radical (unpaired) electrons. The number of hydrogen-bond donors (Lipinski definition) is 1. The smallest absolute Gasteiger partial charge is 0.270 e. The van der Waals surface area contributed by atoms with Crippen LogP contribution in [0.5, 0.6) is 0 Å². The van der Waals surface area contributed by atoms with Gasteiger partial charge < -0.3 is 0 Å². The number of anilines is 1. The van der Waals surface area contributed by atoms with Gasteiger partial charge in [0.1, 0.15) is 11.4 Å². The van der Waals surface area contributed by atoms with E-state index in [0.29, 0.717) is 11.3 Å². The Labute approximate surface area is 150 Å². The molecule has 1 aliphatic heterocycles. The lowest BCUT2D eigenvalue weighted by molar-refractivity contribution is -0.122. The van der Waals surface area contributed by atoms with Crippen LogP contribution in [0.2, 0.25) is 0 Å². The molecule has 1 fully saturated rings. The highest BCUT2D eigenvalue weighted by Crippen LogP contribution is 2.22. The first kappa shape index (κ1) is 17.0. The highest BCUT2D eigenvalue weighted by Gasteiger charge is 2.34. The summed E-state index contributed by atoms with van der Waals surface area (Å²) >= 11 is 5.16. The molecule has 4 nitrogen and oxygen atoms in total. The number of nitrogens with zero attached hydrogens (tertiary/aromatic N) is 1. The molecule has 0 unspecified atom stereocenters. The molecule has 1 heterocycles. The third-order valence-electron chi connectivity index (χ3n) is 3.89. The van der Waals surface area contributed by atoms with Crippen molar-refractivity contribution in [2.75, 3.05) is 4.90 Å². The lowest BCUT2D eigenvalue weighted by atomic mass is 10.1. The fourth-order valence-electron chi connectivity index (χ4n) is 2.50. The minimum atomic E-state index is -0.569. The zero-order chi connectivity index (χ0) is 18.0. The number of carbonyl (C=O) groups is 2. The van der Waals surface area contributed by atoms with Crippen LogP contribution in [0, 0.1) is 5.82 Å². The number of hydrogen-bond acceptors (Lipinski definition) is 3. The number of halogens is 1. The van der Waals surface area contributed by atoms with Gasteiger partial charge in [0, 0.05) is 0 Å². The van der Waals surface area contributed by atoms with Crippen LogP contribution < -0.4 is 10.2 Å². The van der Waals surface area contributed by atoms with Gasteiger partial charge >= 0.3 is 0 Å². The van der Waals surface area contributed by atoms with E-state index < -0.39 is 11.8 Å². The first-order valence-electron chi connectivity index (χ1n) is 7.75. The van der Waals surface area contributed by atoms with Crippen molar-refractivity contribution in [3.05, 3.63) is 71.0 Å². The molecule has 3 rings (SSSR count). The first-order chi connectivity index (χ1) is 12.0. The van der Waals surface area contributed by atoms with Crippen LogP contribution in [-0.4, -0.2) is 16.9 Å². The average Bonchev–Trinajstić information content (AvgIpc) is 2.60. The lowest BCUT2D eigenvalue weighted by Crippen LogP contribution is -2.54. The van der Waals surface area contributed by atoms with E-state index in [1.165, 1.54) is 35.2 Å². The predicted octanol–water partition coefficient (Wildman–Crippen LogP) is 3.22. The lowest BCUT2D eigenvalue weighted by Gasteiger charge is -2.29. The van der Waals surface area contributed by atoms with Gasteiger partial charge in [-0.25, -0.2) is 4.39 Å². The summed E-state index contributed by atoms with van der Waals surface area (Å²) in [5.74, 6) is -1.47. The maximum Gasteiger partial charge on any atom is 0.270 e. The Morgan fingerprint density at radius 3 is 2.32 bits per heavy atom. The van der Waals surface area contributed by atoms with E-state index in [-0.39, 0.29) is 16.5 Å². The number of rotatable bonds is 3. The summed E-state index contributed by atoms with van der Waals surface area (Å²) in [6, 6.07) is 12.9. The summed E-state index contributed by atoms with van der Waals surface area (Å²) in [4.78, 5) is 26.3. The standard InChI is InChI=1S/C19H15FN2O2S/c1-2-12-5-9-15(10-6-12)22-18(24)16(17(23)21-19(22)25)11-13-3-7-14(20)8-4-13/h3-11H,2H2,1H3,(H,21,23,25)/b16-11+. The van der Waals surface area contributed by atoms with Crippen molar-refractivity contribution in [3.8, 4) is 0 Å². The molecule has 0 spiro atoms. The highest BCUT2D eigenvalue weighted by atomic mass is 32.1. The number of aryl methyl sites for hydroxylation is 1. The number of thiocarbonyl (C=S) groups is 1. The van der Waals surface area contributed by atoms with Crippen molar-refractivity contribution in [2.45, 2.75) is 13.3 Å². The van der Waals surface area contributed by atoms with Gasteiger partial charge in [-0.15, -0.1) is 0 Å². The van der Waals surface area contributed by atoms with E-state index in [2.05, 4.69) is 5.32 Å². The molecule has 0 bridgehead atoms. The van der Waals surface area contributed by atoms with Crippen molar-refractivity contribution in [2.24, 2.45) is 0 Å². The van der Waals surface area contributed by atoms with Gasteiger partial charge in [-0.05, 0) is 60.1 Å². The summed E-state index contributed by atoms with van der Waals surface area (Å²) in [6.45, 7) is 2.04. The van der Waals surface area contributed by atoms with E-state index in [1.54, 1.807) is 12.1 Å². The topological polar surface area (TPSA) is 49.4 Å². The first-order valence-corrected chi connectivity index (χ1v) is 8.16. The molecule has 6 heteroatoms.